The van der Waals surface area contributed by atoms with Crippen LogP contribution in [-0.2, 0) is 0 Å². The van der Waals surface area contributed by atoms with Crippen LogP contribution >= 0.6 is 0 Å². The van der Waals surface area contributed by atoms with Gasteiger partial charge in [-0.2, -0.15) is 5.26 Å². The van der Waals surface area contributed by atoms with Crippen molar-refractivity contribution < 1.29 is 4.42 Å². The van der Waals surface area contributed by atoms with Crippen molar-refractivity contribution in [3.8, 4) is 17.4 Å². The Hall–Kier alpha value is -6.30. The monoisotopic (exact) mass is 548 g/mol. The molecule has 43 heavy (non-hydrogen) atoms. The van der Waals surface area contributed by atoms with Crippen molar-refractivity contribution in [1.82, 2.24) is 9.13 Å². The highest BCUT2D eigenvalue weighted by atomic mass is 16.3. The first-order valence-corrected chi connectivity index (χ1v) is 14.0. The molecule has 3 aromatic heterocycles. The molecule has 0 aliphatic carbocycles. The van der Waals surface area contributed by atoms with Crippen molar-refractivity contribution >= 4 is 71.2 Å². The minimum Gasteiger partial charge on any atom is -0.467 e. The minimum atomic E-state index is 0.520. The number of hydrogen-bond donors (Lipinski definition) is 0. The van der Waals surface area contributed by atoms with Gasteiger partial charge in [-0.15, -0.1) is 0 Å². The molecule has 0 aliphatic rings. The standard InChI is InChI=1S/C38H20N4O/c1-40-30-13-7-12-28-37-35(43-38(28)30)19-18-34-36(37)27-11-3-5-15-32(27)42(34)25-9-6-8-24(21-25)41-31-14-4-2-10-26(31)29-20-23(22-39)16-17-33(29)41/h2-21H. The second-order valence-electron chi connectivity index (χ2n) is 10.8. The molecule has 5 nitrogen and oxygen atoms in total. The van der Waals surface area contributed by atoms with Crippen molar-refractivity contribution in [2.24, 2.45) is 0 Å². The fourth-order valence-corrected chi connectivity index (χ4v) is 6.79. The molecule has 5 heteroatoms. The van der Waals surface area contributed by atoms with Crippen molar-refractivity contribution in [3.05, 3.63) is 138 Å². The van der Waals surface area contributed by atoms with Gasteiger partial charge in [-0.1, -0.05) is 60.7 Å². The zero-order valence-electron chi connectivity index (χ0n) is 22.7. The Kier molecular flexibility index (Phi) is 4.68. The Bertz CT molecular complexity index is 2710. The molecule has 0 radical (unpaired) electrons. The molecule has 0 aliphatic heterocycles. The van der Waals surface area contributed by atoms with Crippen molar-refractivity contribution in [3.63, 3.8) is 0 Å². The van der Waals surface area contributed by atoms with Crippen LogP contribution in [0.2, 0.25) is 0 Å². The lowest BCUT2D eigenvalue weighted by atomic mass is 10.1. The number of aromatic nitrogens is 2. The molecule has 3 heterocycles. The zero-order valence-corrected chi connectivity index (χ0v) is 22.7. The third-order valence-electron chi connectivity index (χ3n) is 8.54. The van der Waals surface area contributed by atoms with E-state index in [-0.39, 0.29) is 0 Å². The van der Waals surface area contributed by atoms with Crippen LogP contribution in [0.5, 0.6) is 0 Å². The summed E-state index contributed by atoms with van der Waals surface area (Å²) in [6, 6.07) is 43.5. The summed E-state index contributed by atoms with van der Waals surface area (Å²) in [5.74, 6) is 0. The van der Waals surface area contributed by atoms with Gasteiger partial charge in [-0.25, -0.2) is 4.85 Å². The summed E-state index contributed by atoms with van der Waals surface area (Å²) in [4.78, 5) is 3.71. The van der Waals surface area contributed by atoms with Crippen LogP contribution in [-0.4, -0.2) is 9.13 Å². The van der Waals surface area contributed by atoms with Gasteiger partial charge in [0.25, 0.3) is 0 Å². The van der Waals surface area contributed by atoms with E-state index >= 15 is 0 Å². The molecule has 9 aromatic rings. The number of nitriles is 1. The maximum absolute atomic E-state index is 9.57. The molecule has 0 unspecified atom stereocenters. The van der Waals surface area contributed by atoms with Gasteiger partial charge in [-0.05, 0) is 60.7 Å². The number of furan rings is 1. The topological polar surface area (TPSA) is 51.1 Å². The summed E-state index contributed by atoms with van der Waals surface area (Å²) < 4.78 is 10.9. The van der Waals surface area contributed by atoms with Gasteiger partial charge in [0.2, 0.25) is 5.69 Å². The van der Waals surface area contributed by atoms with Crippen molar-refractivity contribution in [2.45, 2.75) is 0 Å². The molecule has 198 valence electrons. The van der Waals surface area contributed by atoms with Gasteiger partial charge < -0.3 is 13.6 Å². The maximum Gasteiger partial charge on any atom is 0.229 e. The van der Waals surface area contributed by atoms with E-state index in [1.54, 1.807) is 6.07 Å². The average Bonchev–Trinajstić information content (AvgIpc) is 3.72. The Morgan fingerprint density at radius 1 is 0.581 bits per heavy atom. The van der Waals surface area contributed by atoms with Crippen LogP contribution < -0.4 is 0 Å². The predicted molar refractivity (Wildman–Crippen MR) is 173 cm³/mol. The van der Waals surface area contributed by atoms with E-state index in [2.05, 4.69) is 92.8 Å². The van der Waals surface area contributed by atoms with E-state index < -0.39 is 0 Å². The number of fused-ring (bicyclic) bond motifs is 10. The van der Waals surface area contributed by atoms with Crippen LogP contribution in [0.15, 0.2) is 126 Å². The third kappa shape index (κ3) is 3.14. The lowest BCUT2D eigenvalue weighted by Gasteiger charge is -2.12. The van der Waals surface area contributed by atoms with Crippen LogP contribution in [0.3, 0.4) is 0 Å². The van der Waals surface area contributed by atoms with Crippen molar-refractivity contribution in [1.29, 1.82) is 5.26 Å². The molecular weight excluding hydrogens is 528 g/mol. The van der Waals surface area contributed by atoms with E-state index in [9.17, 15) is 5.26 Å². The summed E-state index contributed by atoms with van der Waals surface area (Å²) in [7, 11) is 0. The molecule has 6 aromatic carbocycles. The molecule has 0 amide bonds. The molecule has 0 saturated carbocycles. The Morgan fingerprint density at radius 2 is 1.23 bits per heavy atom. The fourth-order valence-electron chi connectivity index (χ4n) is 6.79. The molecule has 9 rings (SSSR count). The summed E-state index contributed by atoms with van der Waals surface area (Å²) in [5, 5.41) is 16.0. The third-order valence-corrected chi connectivity index (χ3v) is 8.54. The Morgan fingerprint density at radius 3 is 2.02 bits per heavy atom. The first-order chi connectivity index (χ1) is 21.2. The van der Waals surface area contributed by atoms with E-state index in [1.807, 2.05) is 42.5 Å². The van der Waals surface area contributed by atoms with E-state index in [0.29, 0.717) is 16.8 Å². The van der Waals surface area contributed by atoms with Crippen LogP contribution in [0.25, 0.3) is 81.8 Å². The first kappa shape index (κ1) is 23.4. The van der Waals surface area contributed by atoms with Gasteiger partial charge in [0.05, 0.1) is 40.3 Å². The summed E-state index contributed by atoms with van der Waals surface area (Å²) >= 11 is 0. The number of rotatable bonds is 2. The smallest absolute Gasteiger partial charge is 0.229 e. The highest BCUT2D eigenvalue weighted by Gasteiger charge is 2.20. The summed E-state index contributed by atoms with van der Waals surface area (Å²) in [6.45, 7) is 7.65. The van der Waals surface area contributed by atoms with E-state index in [4.69, 9.17) is 11.0 Å². The molecule has 0 N–H and O–H groups in total. The van der Waals surface area contributed by atoms with Gasteiger partial charge >= 0.3 is 0 Å². The second kappa shape index (κ2) is 8.60. The Labute approximate surface area is 245 Å². The lowest BCUT2D eigenvalue weighted by Crippen LogP contribution is -1.98. The van der Waals surface area contributed by atoms with Crippen LogP contribution in [0, 0.1) is 17.9 Å². The highest BCUT2D eigenvalue weighted by molar-refractivity contribution is 6.28. The Balaban J connectivity index is 1.36. The summed E-state index contributed by atoms with van der Waals surface area (Å²) in [6.07, 6.45) is 0. The fraction of sp³-hybridized carbons (Fsp3) is 0. The van der Waals surface area contributed by atoms with Gasteiger partial charge in [0, 0.05) is 43.7 Å². The molecule has 0 atom stereocenters. The SMILES string of the molecule is [C-]#[N+]c1cccc2c1oc1ccc3c(c4ccccc4n3-c3cccc(-n4c5ccccc5c5cc(C#N)ccc54)c3)c12. The molecule has 0 spiro atoms. The predicted octanol–water partition coefficient (Wildman–Crippen LogP) is 10.2. The second-order valence-corrected chi connectivity index (χ2v) is 10.8. The van der Waals surface area contributed by atoms with E-state index in [0.717, 1.165) is 71.3 Å². The average molecular weight is 549 g/mol. The maximum atomic E-state index is 9.57. The van der Waals surface area contributed by atoms with Crippen LogP contribution in [0.4, 0.5) is 5.69 Å². The number of benzene rings is 6. The van der Waals surface area contributed by atoms with Gasteiger partial charge in [0.1, 0.15) is 11.2 Å². The minimum absolute atomic E-state index is 0.520. The zero-order chi connectivity index (χ0) is 28.7. The first-order valence-electron chi connectivity index (χ1n) is 14.0. The quantitative estimate of drug-likeness (QED) is 0.202. The van der Waals surface area contributed by atoms with Gasteiger partial charge in [-0.3, -0.25) is 0 Å². The molecular formula is C38H20N4O. The molecule has 0 fully saturated rings. The normalized spacial score (nSPS) is 11.7. The van der Waals surface area contributed by atoms with Crippen molar-refractivity contribution in [2.75, 3.05) is 0 Å². The highest BCUT2D eigenvalue weighted by Crippen LogP contribution is 2.43. The number of nitrogens with zero attached hydrogens (tertiary/aromatic N) is 4. The van der Waals surface area contributed by atoms with E-state index in [1.165, 1.54) is 0 Å². The van der Waals surface area contributed by atoms with Gasteiger partial charge in [0.15, 0.2) is 0 Å². The summed E-state index contributed by atoms with van der Waals surface area (Å²) in [5.41, 5.74) is 8.97. The van der Waals surface area contributed by atoms with Crippen LogP contribution in [0.1, 0.15) is 5.56 Å². The number of hydrogen-bond acceptors (Lipinski definition) is 2. The molecule has 0 bridgehead atoms. The number of para-hydroxylation sites is 3. The lowest BCUT2D eigenvalue weighted by molar-refractivity contribution is 0.671. The molecule has 0 saturated heterocycles. The largest absolute Gasteiger partial charge is 0.467 e.